The summed E-state index contributed by atoms with van der Waals surface area (Å²) in [5.74, 6) is -1.78. The van der Waals surface area contributed by atoms with Gasteiger partial charge in [0.2, 0.25) is 0 Å². The molecule has 1 aromatic rings. The van der Waals surface area contributed by atoms with Crippen LogP contribution in [0.5, 0.6) is 0 Å². The van der Waals surface area contributed by atoms with E-state index in [2.05, 4.69) is 26.0 Å². The molecule has 3 nitrogen and oxygen atoms in total. The quantitative estimate of drug-likeness (QED) is 0.869. The van der Waals surface area contributed by atoms with Crippen molar-refractivity contribution in [3.05, 3.63) is 28.2 Å². The Balaban J connectivity index is 2.78. The standard InChI is InChI=1S/C11H12BrF2NO2/c1-6(3-10(16)17-2)15-11-8(12)4-7(13)5-9(11)14/h4-6,15H,3H2,1-2H3. The summed E-state index contributed by atoms with van der Waals surface area (Å²) in [6, 6.07) is 1.60. The van der Waals surface area contributed by atoms with Crippen molar-refractivity contribution in [1.82, 2.24) is 0 Å². The van der Waals surface area contributed by atoms with Gasteiger partial charge in [-0.25, -0.2) is 8.78 Å². The third-order valence-electron chi connectivity index (χ3n) is 2.10. The first-order valence-electron chi connectivity index (χ1n) is 4.92. The number of benzene rings is 1. The highest BCUT2D eigenvalue weighted by Gasteiger charge is 2.14. The number of hydrogen-bond donors (Lipinski definition) is 1. The second-order valence-corrected chi connectivity index (χ2v) is 4.42. The fourth-order valence-electron chi connectivity index (χ4n) is 1.31. The molecule has 0 amide bonds. The predicted molar refractivity (Wildman–Crippen MR) is 63.8 cm³/mol. The molecule has 1 aromatic carbocycles. The molecule has 0 heterocycles. The lowest BCUT2D eigenvalue weighted by Crippen LogP contribution is -2.21. The van der Waals surface area contributed by atoms with Gasteiger partial charge >= 0.3 is 5.97 Å². The molecular weight excluding hydrogens is 296 g/mol. The zero-order valence-corrected chi connectivity index (χ0v) is 11.0. The van der Waals surface area contributed by atoms with E-state index in [-0.39, 0.29) is 22.6 Å². The summed E-state index contributed by atoms with van der Waals surface area (Å²) in [5.41, 5.74) is 0.128. The van der Waals surface area contributed by atoms with Crippen LogP contribution in [0.4, 0.5) is 14.5 Å². The Morgan fingerprint density at radius 2 is 2.18 bits per heavy atom. The SMILES string of the molecule is COC(=O)CC(C)Nc1c(F)cc(F)cc1Br. The van der Waals surface area contributed by atoms with Crippen LogP contribution in [0, 0.1) is 11.6 Å². The highest BCUT2D eigenvalue weighted by Crippen LogP contribution is 2.27. The average Bonchev–Trinajstić information content (AvgIpc) is 2.23. The molecule has 1 rings (SSSR count). The Bertz CT molecular complexity index is 403. The van der Waals surface area contributed by atoms with Crippen molar-refractivity contribution in [3.63, 3.8) is 0 Å². The molecule has 0 fully saturated rings. The molecule has 0 bridgehead atoms. The monoisotopic (exact) mass is 307 g/mol. The maximum atomic E-state index is 13.4. The van der Waals surface area contributed by atoms with Gasteiger partial charge in [-0.2, -0.15) is 0 Å². The van der Waals surface area contributed by atoms with Crippen LogP contribution in [0.15, 0.2) is 16.6 Å². The first-order valence-corrected chi connectivity index (χ1v) is 5.71. The second-order valence-electron chi connectivity index (χ2n) is 3.57. The fraction of sp³-hybridized carbons (Fsp3) is 0.364. The molecule has 0 saturated heterocycles. The summed E-state index contributed by atoms with van der Waals surface area (Å²) in [4.78, 5) is 11.0. The van der Waals surface area contributed by atoms with Crippen molar-refractivity contribution in [2.24, 2.45) is 0 Å². The number of anilines is 1. The summed E-state index contributed by atoms with van der Waals surface area (Å²) in [6.45, 7) is 1.70. The third-order valence-corrected chi connectivity index (χ3v) is 2.72. The minimum Gasteiger partial charge on any atom is -0.469 e. The van der Waals surface area contributed by atoms with E-state index >= 15 is 0 Å². The molecule has 6 heteroatoms. The van der Waals surface area contributed by atoms with Gasteiger partial charge in [-0.3, -0.25) is 4.79 Å². The van der Waals surface area contributed by atoms with Crippen molar-refractivity contribution >= 4 is 27.6 Å². The van der Waals surface area contributed by atoms with Crippen LogP contribution in [0.2, 0.25) is 0 Å². The molecule has 1 atom stereocenters. The lowest BCUT2D eigenvalue weighted by atomic mass is 10.2. The van der Waals surface area contributed by atoms with E-state index < -0.39 is 17.6 Å². The van der Waals surface area contributed by atoms with Crippen LogP contribution >= 0.6 is 15.9 Å². The summed E-state index contributed by atoms with van der Waals surface area (Å²) < 4.78 is 31.0. The van der Waals surface area contributed by atoms with Crippen molar-refractivity contribution < 1.29 is 18.3 Å². The molecule has 0 saturated carbocycles. The molecule has 17 heavy (non-hydrogen) atoms. The van der Waals surface area contributed by atoms with Crippen LogP contribution in [-0.4, -0.2) is 19.1 Å². The maximum Gasteiger partial charge on any atom is 0.307 e. The van der Waals surface area contributed by atoms with E-state index in [1.165, 1.54) is 7.11 Å². The molecule has 0 radical (unpaired) electrons. The zero-order valence-electron chi connectivity index (χ0n) is 9.39. The van der Waals surface area contributed by atoms with Crippen molar-refractivity contribution in [3.8, 4) is 0 Å². The number of esters is 1. The Morgan fingerprint density at radius 1 is 1.53 bits per heavy atom. The van der Waals surface area contributed by atoms with Gasteiger partial charge in [0, 0.05) is 16.6 Å². The molecular formula is C11H12BrF2NO2. The Hall–Kier alpha value is -1.17. The Kier molecular flexibility index (Phi) is 4.86. The van der Waals surface area contributed by atoms with E-state index in [1.807, 2.05) is 0 Å². The summed E-state index contributed by atoms with van der Waals surface area (Å²) in [6.07, 6.45) is 0.0970. The average molecular weight is 308 g/mol. The van der Waals surface area contributed by atoms with Crippen LogP contribution in [0.1, 0.15) is 13.3 Å². The smallest absolute Gasteiger partial charge is 0.307 e. The number of hydrogen-bond acceptors (Lipinski definition) is 3. The molecule has 0 spiro atoms. The molecule has 1 N–H and O–H groups in total. The van der Waals surface area contributed by atoms with Crippen LogP contribution in [0.3, 0.4) is 0 Å². The van der Waals surface area contributed by atoms with E-state index in [0.717, 1.165) is 12.1 Å². The van der Waals surface area contributed by atoms with Gasteiger partial charge in [-0.1, -0.05) is 0 Å². The third kappa shape index (κ3) is 3.96. The minimum atomic E-state index is -0.714. The largest absolute Gasteiger partial charge is 0.469 e. The maximum absolute atomic E-state index is 13.4. The number of nitrogens with one attached hydrogen (secondary N) is 1. The zero-order chi connectivity index (χ0) is 13.0. The Morgan fingerprint density at radius 3 is 2.71 bits per heavy atom. The summed E-state index contributed by atoms with van der Waals surface area (Å²) >= 11 is 3.05. The van der Waals surface area contributed by atoms with Gasteiger partial charge in [0.15, 0.2) is 0 Å². The van der Waals surface area contributed by atoms with E-state index in [4.69, 9.17) is 0 Å². The molecule has 0 aliphatic carbocycles. The van der Waals surface area contributed by atoms with Crippen LogP contribution < -0.4 is 5.32 Å². The highest BCUT2D eigenvalue weighted by molar-refractivity contribution is 9.10. The van der Waals surface area contributed by atoms with E-state index in [0.29, 0.717) is 0 Å². The second kappa shape index (κ2) is 5.95. The number of halogens is 3. The number of rotatable bonds is 4. The summed E-state index contributed by atoms with van der Waals surface area (Å²) in [5, 5.41) is 2.78. The Labute approximate surface area is 106 Å². The molecule has 0 aliphatic rings. The van der Waals surface area contributed by atoms with E-state index in [9.17, 15) is 13.6 Å². The number of carbonyl (C=O) groups excluding carboxylic acids is 1. The first-order chi connectivity index (χ1) is 7.93. The lowest BCUT2D eigenvalue weighted by Gasteiger charge is -2.16. The van der Waals surface area contributed by atoms with Gasteiger partial charge in [-0.15, -0.1) is 0 Å². The first kappa shape index (κ1) is 13.9. The summed E-state index contributed by atoms with van der Waals surface area (Å²) in [7, 11) is 1.28. The minimum absolute atomic E-state index is 0.0970. The van der Waals surface area contributed by atoms with Gasteiger partial charge in [-0.05, 0) is 28.9 Å². The highest BCUT2D eigenvalue weighted by atomic mass is 79.9. The molecule has 1 unspecified atom stereocenters. The predicted octanol–water partition coefficient (Wildman–Crippen LogP) is 3.09. The molecule has 0 aromatic heterocycles. The van der Waals surface area contributed by atoms with Crippen LogP contribution in [0.25, 0.3) is 0 Å². The molecule has 0 aliphatic heterocycles. The van der Waals surface area contributed by atoms with Crippen molar-refractivity contribution in [2.45, 2.75) is 19.4 Å². The van der Waals surface area contributed by atoms with Gasteiger partial charge in [0.25, 0.3) is 0 Å². The van der Waals surface area contributed by atoms with Crippen molar-refractivity contribution in [2.75, 3.05) is 12.4 Å². The normalized spacial score (nSPS) is 12.1. The van der Waals surface area contributed by atoms with Crippen LogP contribution in [-0.2, 0) is 9.53 Å². The lowest BCUT2D eigenvalue weighted by molar-refractivity contribution is -0.140. The van der Waals surface area contributed by atoms with Gasteiger partial charge in [0.05, 0.1) is 19.2 Å². The number of methoxy groups -OCH3 is 1. The van der Waals surface area contributed by atoms with Crippen molar-refractivity contribution in [1.29, 1.82) is 0 Å². The molecule has 94 valence electrons. The fourth-order valence-corrected chi connectivity index (χ4v) is 1.83. The topological polar surface area (TPSA) is 38.3 Å². The number of ether oxygens (including phenoxy) is 1. The van der Waals surface area contributed by atoms with E-state index in [1.54, 1.807) is 6.92 Å². The van der Waals surface area contributed by atoms with Gasteiger partial charge in [0.1, 0.15) is 11.6 Å². The number of carbonyl (C=O) groups is 1. The van der Waals surface area contributed by atoms with Gasteiger partial charge < -0.3 is 10.1 Å².